The molecule has 0 aromatic carbocycles. The average Bonchev–Trinajstić information content (AvgIpc) is 2.51. The van der Waals surface area contributed by atoms with Crippen LogP contribution in [-0.2, 0) is 22.8 Å². The second-order valence-corrected chi connectivity index (χ2v) is 7.73. The monoisotopic (exact) mass is 337 g/mol. The highest BCUT2D eigenvalue weighted by Crippen LogP contribution is 2.19. The number of rotatable bonds is 14. The molecule has 0 fully saturated rings. The molecule has 0 saturated heterocycles. The van der Waals surface area contributed by atoms with Gasteiger partial charge in [0.05, 0.1) is 0 Å². The van der Waals surface area contributed by atoms with Crippen molar-refractivity contribution in [3.05, 3.63) is 0 Å². The summed E-state index contributed by atoms with van der Waals surface area (Å²) in [4.78, 5) is 2.17. The lowest BCUT2D eigenvalue weighted by atomic mass is 10.3. The molecule has 0 rings (SSSR count). The molecule has 0 N–H and O–H groups in total. The summed E-state index contributed by atoms with van der Waals surface area (Å²) in [6.45, 7) is 12.6. The Hall–Kier alpha value is -0.0231. The summed E-state index contributed by atoms with van der Waals surface area (Å²) in [6.07, 6.45) is 0.905. The van der Waals surface area contributed by atoms with E-state index in [4.69, 9.17) is 22.8 Å². The van der Waals surface area contributed by atoms with E-state index in [1.54, 1.807) is 14.2 Å². The predicted molar refractivity (Wildman–Crippen MR) is 89.7 cm³/mol. The highest BCUT2D eigenvalue weighted by Gasteiger charge is 2.40. The first-order valence-electron chi connectivity index (χ1n) is 8.23. The molecule has 0 amide bonds. The van der Waals surface area contributed by atoms with E-state index in [0.717, 1.165) is 19.0 Å². The van der Waals surface area contributed by atoms with Crippen molar-refractivity contribution in [1.29, 1.82) is 0 Å². The van der Waals surface area contributed by atoms with Crippen molar-refractivity contribution in [3.63, 3.8) is 0 Å². The van der Waals surface area contributed by atoms with Crippen LogP contribution < -0.4 is 0 Å². The van der Waals surface area contributed by atoms with Crippen LogP contribution >= 0.6 is 0 Å². The standard InChI is InChI=1S/C15H35NO5Si/c1-8-19-22(20-9-2,21-10-3)13-11-12-16(14(4)17-6)15(5)18-7/h14-15H,8-13H2,1-7H3. The number of ether oxygens (including phenoxy) is 2. The quantitative estimate of drug-likeness (QED) is 0.359. The van der Waals surface area contributed by atoms with Gasteiger partial charge in [0, 0.05) is 46.6 Å². The van der Waals surface area contributed by atoms with Gasteiger partial charge >= 0.3 is 8.80 Å². The minimum absolute atomic E-state index is 0.00250. The Bertz CT molecular complexity index is 243. The predicted octanol–water partition coefficient (Wildman–Crippen LogP) is 2.71. The van der Waals surface area contributed by atoms with Crippen molar-refractivity contribution >= 4 is 8.80 Å². The molecule has 134 valence electrons. The fourth-order valence-electron chi connectivity index (χ4n) is 2.41. The molecule has 7 heteroatoms. The van der Waals surface area contributed by atoms with E-state index in [1.807, 2.05) is 34.6 Å². The van der Waals surface area contributed by atoms with Gasteiger partial charge in [0.1, 0.15) is 12.5 Å². The fraction of sp³-hybridized carbons (Fsp3) is 1.00. The molecule has 0 bridgehead atoms. The first kappa shape index (κ1) is 22.0. The molecule has 22 heavy (non-hydrogen) atoms. The van der Waals surface area contributed by atoms with Crippen LogP contribution in [0.5, 0.6) is 0 Å². The SMILES string of the molecule is CCO[Si](CCCN(C(C)OC)C(C)OC)(OCC)OCC. The van der Waals surface area contributed by atoms with Crippen molar-refractivity contribution in [2.24, 2.45) is 0 Å². The molecule has 0 aliphatic carbocycles. The van der Waals surface area contributed by atoms with E-state index in [1.165, 1.54) is 0 Å². The van der Waals surface area contributed by atoms with Gasteiger partial charge in [-0.25, -0.2) is 0 Å². The van der Waals surface area contributed by atoms with E-state index in [9.17, 15) is 0 Å². The molecule has 2 atom stereocenters. The van der Waals surface area contributed by atoms with E-state index >= 15 is 0 Å². The Morgan fingerprint density at radius 2 is 1.23 bits per heavy atom. The van der Waals surface area contributed by atoms with Crippen molar-refractivity contribution in [2.45, 2.75) is 59.5 Å². The molecule has 6 nitrogen and oxygen atoms in total. The van der Waals surface area contributed by atoms with Gasteiger partial charge in [-0.2, -0.15) is 0 Å². The fourth-order valence-corrected chi connectivity index (χ4v) is 5.00. The van der Waals surface area contributed by atoms with Gasteiger partial charge in [-0.15, -0.1) is 0 Å². The van der Waals surface area contributed by atoms with Crippen molar-refractivity contribution in [1.82, 2.24) is 4.90 Å². The number of hydrogen-bond donors (Lipinski definition) is 0. The van der Waals surface area contributed by atoms with Crippen LogP contribution in [0.25, 0.3) is 0 Å². The Morgan fingerprint density at radius 3 is 1.55 bits per heavy atom. The Kier molecular flexibility index (Phi) is 12.4. The largest absolute Gasteiger partial charge is 0.500 e. The van der Waals surface area contributed by atoms with Crippen molar-refractivity contribution in [3.8, 4) is 0 Å². The Labute approximate surface area is 137 Å². The number of methoxy groups -OCH3 is 2. The second-order valence-electron chi connectivity index (χ2n) is 4.99. The van der Waals surface area contributed by atoms with E-state index in [0.29, 0.717) is 19.8 Å². The minimum atomic E-state index is -2.56. The molecule has 0 aromatic rings. The van der Waals surface area contributed by atoms with E-state index in [-0.39, 0.29) is 12.5 Å². The topological polar surface area (TPSA) is 49.4 Å². The van der Waals surface area contributed by atoms with Gasteiger partial charge < -0.3 is 22.8 Å². The lowest BCUT2D eigenvalue weighted by Gasteiger charge is -2.34. The second kappa shape index (κ2) is 12.4. The van der Waals surface area contributed by atoms with E-state index in [2.05, 4.69) is 4.90 Å². The first-order valence-corrected chi connectivity index (χ1v) is 10.2. The molecule has 0 saturated carbocycles. The molecule has 0 aliphatic rings. The summed E-state index contributed by atoms with van der Waals surface area (Å²) in [7, 11) is 0.855. The van der Waals surface area contributed by atoms with Crippen molar-refractivity contribution in [2.75, 3.05) is 40.6 Å². The highest BCUT2D eigenvalue weighted by atomic mass is 28.4. The zero-order valence-electron chi connectivity index (χ0n) is 15.4. The van der Waals surface area contributed by atoms with Crippen LogP contribution in [0.1, 0.15) is 41.0 Å². The van der Waals surface area contributed by atoms with Gasteiger partial charge in [-0.3, -0.25) is 4.90 Å². The number of hydrogen-bond acceptors (Lipinski definition) is 6. The van der Waals surface area contributed by atoms with Crippen LogP contribution in [-0.4, -0.2) is 66.7 Å². The maximum Gasteiger partial charge on any atom is 0.500 e. The van der Waals surface area contributed by atoms with Gasteiger partial charge in [-0.1, -0.05) is 0 Å². The third kappa shape index (κ3) is 7.50. The van der Waals surface area contributed by atoms with Crippen LogP contribution in [0.15, 0.2) is 0 Å². The van der Waals surface area contributed by atoms with Gasteiger partial charge in [0.2, 0.25) is 0 Å². The maximum atomic E-state index is 5.88. The Balaban J connectivity index is 4.66. The van der Waals surface area contributed by atoms with Crippen LogP contribution in [0.4, 0.5) is 0 Å². The summed E-state index contributed by atoms with van der Waals surface area (Å²) in [6, 6.07) is 0.798. The lowest BCUT2D eigenvalue weighted by Crippen LogP contribution is -2.47. The summed E-state index contributed by atoms with van der Waals surface area (Å²) in [5.74, 6) is 0. The molecular weight excluding hydrogens is 302 g/mol. The summed E-state index contributed by atoms with van der Waals surface area (Å²) in [5.41, 5.74) is 0. The maximum absolute atomic E-state index is 5.88. The summed E-state index contributed by atoms with van der Waals surface area (Å²) in [5, 5.41) is 0. The van der Waals surface area contributed by atoms with Gasteiger partial charge in [-0.05, 0) is 41.0 Å². The first-order chi connectivity index (χ1) is 10.5. The number of nitrogens with zero attached hydrogens (tertiary/aromatic N) is 1. The zero-order valence-corrected chi connectivity index (χ0v) is 16.4. The van der Waals surface area contributed by atoms with Crippen LogP contribution in [0, 0.1) is 0 Å². The molecule has 0 aliphatic heterocycles. The normalized spacial score (nSPS) is 15.3. The van der Waals surface area contributed by atoms with Crippen LogP contribution in [0.2, 0.25) is 6.04 Å². The summed E-state index contributed by atoms with van der Waals surface area (Å²) >= 11 is 0. The van der Waals surface area contributed by atoms with Gasteiger partial charge in [0.15, 0.2) is 0 Å². The zero-order chi connectivity index (χ0) is 17.0. The third-order valence-electron chi connectivity index (χ3n) is 3.61. The minimum Gasteiger partial charge on any atom is -0.374 e. The lowest BCUT2D eigenvalue weighted by molar-refractivity contribution is -0.116. The Morgan fingerprint density at radius 1 is 0.818 bits per heavy atom. The molecule has 0 aromatic heterocycles. The van der Waals surface area contributed by atoms with E-state index < -0.39 is 8.80 Å². The average molecular weight is 338 g/mol. The highest BCUT2D eigenvalue weighted by molar-refractivity contribution is 6.60. The molecular formula is C15H35NO5Si. The summed E-state index contributed by atoms with van der Waals surface area (Å²) < 4.78 is 28.5. The molecule has 0 heterocycles. The van der Waals surface area contributed by atoms with Crippen molar-refractivity contribution < 1.29 is 22.8 Å². The van der Waals surface area contributed by atoms with Crippen LogP contribution in [0.3, 0.4) is 0 Å². The molecule has 0 spiro atoms. The molecule has 2 unspecified atom stereocenters. The molecule has 0 radical (unpaired) electrons. The smallest absolute Gasteiger partial charge is 0.374 e. The van der Waals surface area contributed by atoms with Gasteiger partial charge in [0.25, 0.3) is 0 Å². The third-order valence-corrected chi connectivity index (χ3v) is 6.76.